The Bertz CT molecular complexity index is 583. The van der Waals surface area contributed by atoms with Gasteiger partial charge in [0.1, 0.15) is 0 Å². The molecular formula is C14H11Cl2NO2. The van der Waals surface area contributed by atoms with E-state index in [0.29, 0.717) is 23.3 Å². The maximum Gasteiger partial charge on any atom is 0.222 e. The number of aromatic nitrogens is 1. The number of hydrogen-bond acceptors (Lipinski definition) is 3. The number of hydrogen-bond donors (Lipinski definition) is 0. The highest BCUT2D eigenvalue weighted by Gasteiger charge is 2.40. The Hall–Kier alpha value is -1.13. The molecule has 0 saturated carbocycles. The van der Waals surface area contributed by atoms with Crippen molar-refractivity contribution >= 4 is 23.2 Å². The normalized spacial score (nSPS) is 17.6. The minimum Gasteiger partial charge on any atom is -0.340 e. The van der Waals surface area contributed by atoms with Crippen molar-refractivity contribution in [1.82, 2.24) is 4.98 Å². The molecule has 0 unspecified atom stereocenters. The topological polar surface area (TPSA) is 31.4 Å². The summed E-state index contributed by atoms with van der Waals surface area (Å²) in [6, 6.07) is 9.12. The van der Waals surface area contributed by atoms with Crippen molar-refractivity contribution in [3.63, 3.8) is 0 Å². The van der Waals surface area contributed by atoms with E-state index < -0.39 is 5.79 Å². The quantitative estimate of drug-likeness (QED) is 0.848. The van der Waals surface area contributed by atoms with Crippen molar-refractivity contribution < 1.29 is 9.47 Å². The molecule has 0 N–H and O–H groups in total. The van der Waals surface area contributed by atoms with Crippen LogP contribution in [0.4, 0.5) is 0 Å². The van der Waals surface area contributed by atoms with Gasteiger partial charge in [-0.2, -0.15) is 0 Å². The first kappa shape index (κ1) is 12.9. The van der Waals surface area contributed by atoms with E-state index in [4.69, 9.17) is 32.7 Å². The van der Waals surface area contributed by atoms with Gasteiger partial charge in [0.2, 0.25) is 5.79 Å². The van der Waals surface area contributed by atoms with Crippen LogP contribution in [0.5, 0.6) is 0 Å². The van der Waals surface area contributed by atoms with E-state index in [1.54, 1.807) is 24.5 Å². The molecule has 1 fully saturated rings. The maximum absolute atomic E-state index is 6.09. The summed E-state index contributed by atoms with van der Waals surface area (Å²) in [7, 11) is 0. The molecule has 98 valence electrons. The van der Waals surface area contributed by atoms with Crippen LogP contribution in [0.2, 0.25) is 10.0 Å². The van der Waals surface area contributed by atoms with Crippen molar-refractivity contribution in [3.05, 3.63) is 63.9 Å². The zero-order chi connectivity index (χ0) is 13.3. The van der Waals surface area contributed by atoms with Gasteiger partial charge in [0, 0.05) is 23.5 Å². The van der Waals surface area contributed by atoms with Gasteiger partial charge in [-0.3, -0.25) is 4.98 Å². The molecule has 1 aliphatic heterocycles. The van der Waals surface area contributed by atoms with Gasteiger partial charge in [-0.1, -0.05) is 29.3 Å². The largest absolute Gasteiger partial charge is 0.340 e. The SMILES string of the molecule is Clc1ccc(C2(c3ccncc3)OCCO2)cc1Cl. The van der Waals surface area contributed by atoms with Crippen LogP contribution in [0, 0.1) is 0 Å². The van der Waals surface area contributed by atoms with E-state index in [-0.39, 0.29) is 0 Å². The van der Waals surface area contributed by atoms with E-state index >= 15 is 0 Å². The van der Waals surface area contributed by atoms with Crippen LogP contribution in [0.15, 0.2) is 42.7 Å². The Morgan fingerprint density at radius 3 is 2.21 bits per heavy atom. The molecule has 0 amide bonds. The molecule has 0 spiro atoms. The second-order valence-corrected chi connectivity index (χ2v) is 4.99. The molecule has 1 aromatic heterocycles. The van der Waals surface area contributed by atoms with Crippen molar-refractivity contribution in [2.24, 2.45) is 0 Å². The first-order chi connectivity index (χ1) is 9.22. The van der Waals surface area contributed by atoms with Crippen LogP contribution in [0.1, 0.15) is 11.1 Å². The van der Waals surface area contributed by atoms with E-state index in [1.165, 1.54) is 0 Å². The first-order valence-electron chi connectivity index (χ1n) is 5.86. The molecule has 1 saturated heterocycles. The third kappa shape index (κ3) is 2.23. The van der Waals surface area contributed by atoms with E-state index in [1.807, 2.05) is 18.2 Å². The van der Waals surface area contributed by atoms with Crippen molar-refractivity contribution in [2.45, 2.75) is 5.79 Å². The monoisotopic (exact) mass is 295 g/mol. The van der Waals surface area contributed by atoms with Crippen LogP contribution in [0.25, 0.3) is 0 Å². The molecule has 2 heterocycles. The second-order valence-electron chi connectivity index (χ2n) is 4.18. The standard InChI is InChI=1S/C14H11Cl2NO2/c15-12-2-1-11(9-13(12)16)14(18-7-8-19-14)10-3-5-17-6-4-10/h1-6,9H,7-8H2. The third-order valence-corrected chi connectivity index (χ3v) is 3.79. The number of nitrogens with zero attached hydrogens (tertiary/aromatic N) is 1. The molecule has 2 aromatic rings. The van der Waals surface area contributed by atoms with Crippen molar-refractivity contribution in [2.75, 3.05) is 13.2 Å². The lowest BCUT2D eigenvalue weighted by Crippen LogP contribution is -2.28. The average Bonchev–Trinajstić information content (AvgIpc) is 2.93. The molecule has 1 aromatic carbocycles. The zero-order valence-corrected chi connectivity index (χ0v) is 11.5. The van der Waals surface area contributed by atoms with Crippen molar-refractivity contribution in [1.29, 1.82) is 0 Å². The highest BCUT2D eigenvalue weighted by molar-refractivity contribution is 6.42. The molecule has 3 nitrogen and oxygen atoms in total. The summed E-state index contributed by atoms with van der Waals surface area (Å²) >= 11 is 12.0. The molecule has 5 heteroatoms. The van der Waals surface area contributed by atoms with Crippen LogP contribution in [-0.4, -0.2) is 18.2 Å². The van der Waals surface area contributed by atoms with Crippen LogP contribution >= 0.6 is 23.2 Å². The van der Waals surface area contributed by atoms with Crippen LogP contribution < -0.4 is 0 Å². The highest BCUT2D eigenvalue weighted by atomic mass is 35.5. The highest BCUT2D eigenvalue weighted by Crippen LogP contribution is 2.39. The fraction of sp³-hybridized carbons (Fsp3) is 0.214. The van der Waals surface area contributed by atoms with E-state index in [0.717, 1.165) is 11.1 Å². The smallest absolute Gasteiger partial charge is 0.222 e. The van der Waals surface area contributed by atoms with Gasteiger partial charge in [-0.05, 0) is 24.3 Å². The van der Waals surface area contributed by atoms with Gasteiger partial charge in [0.15, 0.2) is 0 Å². The fourth-order valence-corrected chi connectivity index (χ4v) is 2.48. The molecule has 0 bridgehead atoms. The second kappa shape index (κ2) is 5.10. The zero-order valence-electron chi connectivity index (χ0n) is 9.98. The number of halogens is 2. The van der Waals surface area contributed by atoms with Crippen molar-refractivity contribution in [3.8, 4) is 0 Å². The van der Waals surface area contributed by atoms with Gasteiger partial charge < -0.3 is 9.47 Å². The predicted octanol–water partition coefficient (Wildman–Crippen LogP) is 3.64. The molecule has 1 aliphatic rings. The lowest BCUT2D eigenvalue weighted by Gasteiger charge is -2.28. The minimum atomic E-state index is -0.919. The first-order valence-corrected chi connectivity index (χ1v) is 6.62. The Morgan fingerprint density at radius 2 is 1.58 bits per heavy atom. The Kier molecular flexibility index (Phi) is 3.46. The number of ether oxygens (including phenoxy) is 2. The lowest BCUT2D eigenvalue weighted by molar-refractivity contribution is -0.129. The third-order valence-electron chi connectivity index (χ3n) is 3.05. The molecule has 19 heavy (non-hydrogen) atoms. The number of benzene rings is 1. The Morgan fingerprint density at radius 1 is 0.895 bits per heavy atom. The van der Waals surface area contributed by atoms with Gasteiger partial charge in [0.25, 0.3) is 0 Å². The van der Waals surface area contributed by atoms with E-state index in [9.17, 15) is 0 Å². The average molecular weight is 296 g/mol. The summed E-state index contributed by atoms with van der Waals surface area (Å²) < 4.78 is 11.7. The molecular weight excluding hydrogens is 285 g/mol. The van der Waals surface area contributed by atoms with Gasteiger partial charge in [0.05, 0.1) is 23.3 Å². The Balaban J connectivity index is 2.13. The van der Waals surface area contributed by atoms with Crippen LogP contribution in [0.3, 0.4) is 0 Å². The summed E-state index contributed by atoms with van der Waals surface area (Å²) in [6.45, 7) is 1.06. The fourth-order valence-electron chi connectivity index (χ4n) is 2.18. The number of pyridine rings is 1. The van der Waals surface area contributed by atoms with Gasteiger partial charge in [-0.25, -0.2) is 0 Å². The van der Waals surface area contributed by atoms with Gasteiger partial charge >= 0.3 is 0 Å². The summed E-state index contributed by atoms with van der Waals surface area (Å²) in [5.41, 5.74) is 1.71. The molecule has 0 radical (unpaired) electrons. The molecule has 0 atom stereocenters. The van der Waals surface area contributed by atoms with Gasteiger partial charge in [-0.15, -0.1) is 0 Å². The maximum atomic E-state index is 6.09. The lowest BCUT2D eigenvalue weighted by atomic mass is 9.98. The molecule has 0 aliphatic carbocycles. The summed E-state index contributed by atoms with van der Waals surface area (Å²) in [4.78, 5) is 4.01. The summed E-state index contributed by atoms with van der Waals surface area (Å²) in [5, 5.41) is 0.986. The summed E-state index contributed by atoms with van der Waals surface area (Å²) in [6.07, 6.45) is 3.42. The van der Waals surface area contributed by atoms with E-state index in [2.05, 4.69) is 4.98 Å². The minimum absolute atomic E-state index is 0.478. The van der Waals surface area contributed by atoms with Crippen LogP contribution in [-0.2, 0) is 15.3 Å². The number of rotatable bonds is 2. The summed E-state index contributed by atoms with van der Waals surface area (Å²) in [5.74, 6) is -0.919. The predicted molar refractivity (Wildman–Crippen MR) is 73.4 cm³/mol. The Labute approximate surface area is 121 Å². The molecule has 3 rings (SSSR count).